The number of rotatable bonds is 5. The Hall–Kier alpha value is -1.03. The molecule has 1 aromatic heterocycles. The Bertz CT molecular complexity index is 519. The zero-order chi connectivity index (χ0) is 13.1. The highest BCUT2D eigenvalue weighted by molar-refractivity contribution is 9.10. The fourth-order valence-electron chi connectivity index (χ4n) is 0.922. The van der Waals surface area contributed by atoms with Crippen LogP contribution in [0.1, 0.15) is 0 Å². The average Bonchev–Trinajstić information content (AvgIpc) is 2.26. The summed E-state index contributed by atoms with van der Waals surface area (Å²) in [6.45, 7) is -0.377. The highest BCUT2D eigenvalue weighted by Crippen LogP contribution is 2.12. The van der Waals surface area contributed by atoms with E-state index < -0.39 is 22.0 Å². The highest BCUT2D eigenvalue weighted by Gasteiger charge is 2.18. The molecule has 7 nitrogen and oxygen atoms in total. The lowest BCUT2D eigenvalue weighted by Gasteiger charge is -2.09. The van der Waals surface area contributed by atoms with E-state index >= 15 is 0 Å². The zero-order valence-electron chi connectivity index (χ0n) is 8.50. The number of aromatic nitrogens is 1. The van der Waals surface area contributed by atoms with Crippen molar-refractivity contribution in [2.24, 2.45) is 5.73 Å². The van der Waals surface area contributed by atoms with E-state index in [9.17, 15) is 13.2 Å². The van der Waals surface area contributed by atoms with Gasteiger partial charge in [-0.15, -0.1) is 0 Å². The molecule has 9 heteroatoms. The van der Waals surface area contributed by atoms with E-state index in [4.69, 9.17) is 10.8 Å². The summed E-state index contributed by atoms with van der Waals surface area (Å²) in [5.74, 6) is -1.27. The number of nitrogens with one attached hydrogen (secondary N) is 1. The predicted molar refractivity (Wildman–Crippen MR) is 62.7 cm³/mol. The highest BCUT2D eigenvalue weighted by atomic mass is 79.9. The molecule has 17 heavy (non-hydrogen) atoms. The van der Waals surface area contributed by atoms with Crippen molar-refractivity contribution in [2.45, 2.75) is 10.9 Å². The summed E-state index contributed by atoms with van der Waals surface area (Å²) in [4.78, 5) is 14.2. The fraction of sp³-hybridized carbons (Fsp3) is 0.250. The first-order valence-electron chi connectivity index (χ1n) is 4.42. The summed E-state index contributed by atoms with van der Waals surface area (Å²) in [5, 5.41) is 8.52. The minimum atomic E-state index is -3.77. The topological polar surface area (TPSA) is 122 Å². The lowest BCUT2D eigenvalue weighted by atomic mass is 10.3. The normalized spacial score (nSPS) is 13.3. The molecule has 94 valence electrons. The molecule has 0 aliphatic carbocycles. The van der Waals surface area contributed by atoms with E-state index in [1.807, 2.05) is 0 Å². The molecule has 0 radical (unpaired) electrons. The molecule has 1 unspecified atom stereocenters. The van der Waals surface area contributed by atoms with E-state index in [0.29, 0.717) is 4.60 Å². The standard InChI is InChI=1S/C8H10BrN3O4S/c9-7-3-5(1-2-11-7)17(15,16)12-4-6(10)8(13)14/h1-3,6,12H,4,10H2,(H,13,14). The van der Waals surface area contributed by atoms with Gasteiger partial charge in [0.25, 0.3) is 0 Å². The number of nitrogens with zero attached hydrogens (tertiary/aromatic N) is 1. The number of carboxylic acid groups (broad SMARTS) is 1. The van der Waals surface area contributed by atoms with Crippen LogP contribution in [0.5, 0.6) is 0 Å². The monoisotopic (exact) mass is 323 g/mol. The molecule has 1 atom stereocenters. The van der Waals surface area contributed by atoms with Crippen molar-refractivity contribution in [3.05, 3.63) is 22.9 Å². The van der Waals surface area contributed by atoms with Gasteiger partial charge in [-0.2, -0.15) is 0 Å². The van der Waals surface area contributed by atoms with Gasteiger partial charge in [0.1, 0.15) is 10.6 Å². The van der Waals surface area contributed by atoms with Crippen molar-refractivity contribution < 1.29 is 18.3 Å². The van der Waals surface area contributed by atoms with Crippen LogP contribution in [0.3, 0.4) is 0 Å². The largest absolute Gasteiger partial charge is 0.480 e. The number of hydrogen-bond donors (Lipinski definition) is 3. The Morgan fingerprint density at radius 1 is 1.65 bits per heavy atom. The molecule has 0 aliphatic heterocycles. The average molecular weight is 324 g/mol. The quantitative estimate of drug-likeness (QED) is 0.630. The minimum absolute atomic E-state index is 0.0167. The Balaban J connectivity index is 2.79. The zero-order valence-corrected chi connectivity index (χ0v) is 10.9. The molecule has 0 amide bonds. The second-order valence-electron chi connectivity index (χ2n) is 3.11. The summed E-state index contributed by atoms with van der Waals surface area (Å²) in [6.07, 6.45) is 1.32. The third kappa shape index (κ3) is 4.04. The number of carbonyl (C=O) groups is 1. The van der Waals surface area contributed by atoms with Crippen LogP contribution in [-0.2, 0) is 14.8 Å². The predicted octanol–water partition coefficient (Wildman–Crippen LogP) is -0.466. The van der Waals surface area contributed by atoms with Crippen LogP contribution >= 0.6 is 15.9 Å². The van der Waals surface area contributed by atoms with E-state index in [-0.39, 0.29) is 11.4 Å². The summed E-state index contributed by atoms with van der Waals surface area (Å²) in [7, 11) is -3.77. The first-order chi connectivity index (χ1) is 7.83. The van der Waals surface area contributed by atoms with E-state index in [2.05, 4.69) is 25.6 Å². The van der Waals surface area contributed by atoms with Gasteiger partial charge >= 0.3 is 5.97 Å². The molecular formula is C8H10BrN3O4S. The van der Waals surface area contributed by atoms with Gasteiger partial charge < -0.3 is 10.8 Å². The van der Waals surface area contributed by atoms with Crippen LogP contribution < -0.4 is 10.5 Å². The number of hydrogen-bond acceptors (Lipinski definition) is 5. The Morgan fingerprint density at radius 2 is 2.29 bits per heavy atom. The number of halogens is 1. The Labute approximate surface area is 106 Å². The maximum atomic E-state index is 11.7. The molecule has 0 spiro atoms. The Morgan fingerprint density at radius 3 is 2.82 bits per heavy atom. The number of nitrogens with two attached hydrogens (primary N) is 1. The van der Waals surface area contributed by atoms with Crippen molar-refractivity contribution >= 4 is 31.9 Å². The lowest BCUT2D eigenvalue weighted by Crippen LogP contribution is -2.42. The molecular weight excluding hydrogens is 314 g/mol. The summed E-state index contributed by atoms with van der Waals surface area (Å²) >= 11 is 3.04. The second kappa shape index (κ2) is 5.54. The van der Waals surface area contributed by atoms with Crippen molar-refractivity contribution in [1.29, 1.82) is 0 Å². The van der Waals surface area contributed by atoms with Gasteiger partial charge in [0.2, 0.25) is 10.0 Å². The molecule has 1 rings (SSSR count). The van der Waals surface area contributed by atoms with Crippen LogP contribution in [0, 0.1) is 0 Å². The van der Waals surface area contributed by atoms with E-state index in [0.717, 1.165) is 0 Å². The molecule has 0 fully saturated rings. The van der Waals surface area contributed by atoms with Crippen molar-refractivity contribution in [3.8, 4) is 0 Å². The molecule has 0 saturated carbocycles. The SMILES string of the molecule is NC(CNS(=O)(=O)c1ccnc(Br)c1)C(=O)O. The maximum Gasteiger partial charge on any atom is 0.321 e. The van der Waals surface area contributed by atoms with Gasteiger partial charge in [0.05, 0.1) is 4.90 Å². The van der Waals surface area contributed by atoms with Crippen LogP contribution in [0.2, 0.25) is 0 Å². The van der Waals surface area contributed by atoms with Gasteiger partial charge in [-0.25, -0.2) is 18.1 Å². The lowest BCUT2D eigenvalue weighted by molar-refractivity contribution is -0.138. The first-order valence-corrected chi connectivity index (χ1v) is 6.70. The van der Waals surface area contributed by atoms with Crippen LogP contribution in [0.15, 0.2) is 27.8 Å². The first kappa shape index (κ1) is 14.0. The number of pyridine rings is 1. The van der Waals surface area contributed by atoms with Crippen molar-refractivity contribution in [3.63, 3.8) is 0 Å². The third-order valence-electron chi connectivity index (χ3n) is 1.82. The van der Waals surface area contributed by atoms with Gasteiger partial charge in [0, 0.05) is 12.7 Å². The molecule has 0 saturated heterocycles. The number of aliphatic carboxylic acids is 1. The van der Waals surface area contributed by atoms with E-state index in [1.165, 1.54) is 18.3 Å². The molecule has 1 aromatic rings. The minimum Gasteiger partial charge on any atom is -0.480 e. The molecule has 0 bridgehead atoms. The van der Waals surface area contributed by atoms with Gasteiger partial charge in [-0.05, 0) is 28.1 Å². The summed E-state index contributed by atoms with van der Waals surface area (Å²) in [6, 6.07) is 1.31. The smallest absolute Gasteiger partial charge is 0.321 e. The van der Waals surface area contributed by atoms with Gasteiger partial charge in [0.15, 0.2) is 0 Å². The number of sulfonamides is 1. The number of carboxylic acids is 1. The second-order valence-corrected chi connectivity index (χ2v) is 5.69. The summed E-state index contributed by atoms with van der Waals surface area (Å²) < 4.78 is 25.9. The molecule has 4 N–H and O–H groups in total. The van der Waals surface area contributed by atoms with E-state index in [1.54, 1.807) is 0 Å². The maximum absolute atomic E-state index is 11.7. The van der Waals surface area contributed by atoms with Crippen molar-refractivity contribution in [1.82, 2.24) is 9.71 Å². The van der Waals surface area contributed by atoms with Gasteiger partial charge in [-0.3, -0.25) is 4.79 Å². The molecule has 0 aliphatic rings. The van der Waals surface area contributed by atoms with Crippen LogP contribution in [0.25, 0.3) is 0 Å². The van der Waals surface area contributed by atoms with Gasteiger partial charge in [-0.1, -0.05) is 0 Å². The molecule has 1 heterocycles. The fourth-order valence-corrected chi connectivity index (χ4v) is 2.51. The van der Waals surface area contributed by atoms with Crippen LogP contribution in [0.4, 0.5) is 0 Å². The van der Waals surface area contributed by atoms with Crippen LogP contribution in [-0.4, -0.2) is 37.1 Å². The molecule has 0 aromatic carbocycles. The Kier molecular flexibility index (Phi) is 4.57. The van der Waals surface area contributed by atoms with Crippen molar-refractivity contribution in [2.75, 3.05) is 6.54 Å². The summed E-state index contributed by atoms with van der Waals surface area (Å²) in [5.41, 5.74) is 5.18. The third-order valence-corrected chi connectivity index (χ3v) is 3.67.